The van der Waals surface area contributed by atoms with Crippen LogP contribution in [0.25, 0.3) is 0 Å². The highest BCUT2D eigenvalue weighted by molar-refractivity contribution is 7.80. The van der Waals surface area contributed by atoms with E-state index in [0.717, 1.165) is 5.56 Å². The normalized spacial score (nSPS) is 11.8. The number of rotatable bonds is 6. The smallest absolute Gasteiger partial charge is 0.244 e. The largest absolute Gasteiger partial charge is 0.389 e. The first kappa shape index (κ1) is 16.4. The second kappa shape index (κ2) is 7.19. The third-order valence-corrected chi connectivity index (χ3v) is 3.41. The van der Waals surface area contributed by atoms with Crippen molar-refractivity contribution in [2.24, 2.45) is 5.73 Å². The van der Waals surface area contributed by atoms with Gasteiger partial charge in [-0.05, 0) is 39.3 Å². The molecule has 20 heavy (non-hydrogen) atoms. The van der Waals surface area contributed by atoms with Gasteiger partial charge in [-0.1, -0.05) is 12.2 Å². The minimum Gasteiger partial charge on any atom is -0.389 e. The van der Waals surface area contributed by atoms with Crippen molar-refractivity contribution in [3.63, 3.8) is 0 Å². The standard InChI is InChI=1S/C14H22N4OS/c1-5-18(6-2)14(19)10(4)17-13-11(12(15)20)9(3)7-8-16-13/h7-8,10H,5-6H2,1-4H3,(H2,15,20)(H,16,17). The average Bonchev–Trinajstić information content (AvgIpc) is 2.39. The number of thiocarbonyl (C=S) groups is 1. The molecule has 1 amide bonds. The first-order chi connectivity index (χ1) is 9.42. The predicted molar refractivity (Wildman–Crippen MR) is 85.9 cm³/mol. The van der Waals surface area contributed by atoms with Crippen LogP contribution in [-0.2, 0) is 4.79 Å². The van der Waals surface area contributed by atoms with E-state index in [1.165, 1.54) is 0 Å². The molecule has 0 aromatic carbocycles. The van der Waals surface area contributed by atoms with Gasteiger partial charge in [0.05, 0.1) is 5.56 Å². The van der Waals surface area contributed by atoms with Gasteiger partial charge in [-0.2, -0.15) is 0 Å². The number of carbonyl (C=O) groups excluding carboxylic acids is 1. The Morgan fingerprint density at radius 1 is 1.50 bits per heavy atom. The molecule has 0 aliphatic carbocycles. The molecule has 0 bridgehead atoms. The number of hydrogen-bond acceptors (Lipinski definition) is 4. The maximum Gasteiger partial charge on any atom is 0.244 e. The average molecular weight is 294 g/mol. The molecule has 0 radical (unpaired) electrons. The summed E-state index contributed by atoms with van der Waals surface area (Å²) in [4.78, 5) is 18.5. The van der Waals surface area contributed by atoms with E-state index in [9.17, 15) is 4.79 Å². The van der Waals surface area contributed by atoms with Crippen LogP contribution >= 0.6 is 12.2 Å². The SMILES string of the molecule is CCN(CC)C(=O)C(C)Nc1nccc(C)c1C(N)=S. The van der Waals surface area contributed by atoms with E-state index in [1.54, 1.807) is 11.1 Å². The van der Waals surface area contributed by atoms with E-state index in [4.69, 9.17) is 18.0 Å². The molecular weight excluding hydrogens is 272 g/mol. The van der Waals surface area contributed by atoms with Gasteiger partial charge in [-0.15, -0.1) is 0 Å². The van der Waals surface area contributed by atoms with Crippen LogP contribution in [0.2, 0.25) is 0 Å². The van der Waals surface area contributed by atoms with Gasteiger partial charge in [0.25, 0.3) is 0 Å². The number of nitrogens with two attached hydrogens (primary N) is 1. The van der Waals surface area contributed by atoms with Crippen LogP contribution in [-0.4, -0.2) is 39.9 Å². The Labute approximate surface area is 125 Å². The van der Waals surface area contributed by atoms with Crippen molar-refractivity contribution < 1.29 is 4.79 Å². The Hall–Kier alpha value is -1.69. The van der Waals surface area contributed by atoms with E-state index in [-0.39, 0.29) is 16.9 Å². The third kappa shape index (κ3) is 3.66. The van der Waals surface area contributed by atoms with Gasteiger partial charge >= 0.3 is 0 Å². The predicted octanol–water partition coefficient (Wildman–Crippen LogP) is 1.69. The molecule has 1 atom stereocenters. The van der Waals surface area contributed by atoms with Crippen molar-refractivity contribution in [1.82, 2.24) is 9.88 Å². The van der Waals surface area contributed by atoms with Crippen LogP contribution in [0.4, 0.5) is 5.82 Å². The zero-order chi connectivity index (χ0) is 15.3. The molecule has 110 valence electrons. The second-order valence-electron chi connectivity index (χ2n) is 4.59. The topological polar surface area (TPSA) is 71.2 Å². The number of aromatic nitrogens is 1. The summed E-state index contributed by atoms with van der Waals surface area (Å²) >= 11 is 5.06. The Balaban J connectivity index is 2.96. The monoisotopic (exact) mass is 294 g/mol. The summed E-state index contributed by atoms with van der Waals surface area (Å²) in [6.07, 6.45) is 1.67. The second-order valence-corrected chi connectivity index (χ2v) is 5.03. The van der Waals surface area contributed by atoms with Gasteiger partial charge in [-0.3, -0.25) is 4.79 Å². The number of aryl methyl sites for hydroxylation is 1. The van der Waals surface area contributed by atoms with E-state index in [2.05, 4.69) is 10.3 Å². The van der Waals surface area contributed by atoms with Gasteiger partial charge in [0, 0.05) is 19.3 Å². The number of amides is 1. The first-order valence-electron chi connectivity index (χ1n) is 6.73. The molecule has 1 aromatic heterocycles. The van der Waals surface area contributed by atoms with E-state index in [0.29, 0.717) is 24.5 Å². The zero-order valence-electron chi connectivity index (χ0n) is 12.4. The van der Waals surface area contributed by atoms with E-state index in [1.807, 2.05) is 33.8 Å². The Morgan fingerprint density at radius 3 is 2.60 bits per heavy atom. The molecule has 3 N–H and O–H groups in total. The van der Waals surface area contributed by atoms with Crippen molar-refractivity contribution in [2.75, 3.05) is 18.4 Å². The minimum absolute atomic E-state index is 0.0344. The highest BCUT2D eigenvalue weighted by Crippen LogP contribution is 2.17. The summed E-state index contributed by atoms with van der Waals surface area (Å²) in [7, 11) is 0. The molecule has 0 aliphatic rings. The maximum absolute atomic E-state index is 12.2. The quantitative estimate of drug-likeness (QED) is 0.781. The van der Waals surface area contributed by atoms with Crippen LogP contribution in [0, 0.1) is 6.92 Å². The van der Waals surface area contributed by atoms with Crippen molar-refractivity contribution in [3.8, 4) is 0 Å². The summed E-state index contributed by atoms with van der Waals surface area (Å²) in [6.45, 7) is 9.01. The number of likely N-dealkylation sites (N-methyl/N-ethyl adjacent to an activating group) is 1. The summed E-state index contributed by atoms with van der Waals surface area (Å²) in [5.41, 5.74) is 7.37. The summed E-state index contributed by atoms with van der Waals surface area (Å²) < 4.78 is 0. The Morgan fingerprint density at radius 2 is 2.10 bits per heavy atom. The molecule has 1 heterocycles. The lowest BCUT2D eigenvalue weighted by Gasteiger charge is -2.24. The molecule has 1 rings (SSSR count). The summed E-state index contributed by atoms with van der Waals surface area (Å²) in [5, 5.41) is 3.11. The van der Waals surface area contributed by atoms with Crippen LogP contribution in [0.15, 0.2) is 12.3 Å². The van der Waals surface area contributed by atoms with Gasteiger partial charge in [0.1, 0.15) is 16.8 Å². The van der Waals surface area contributed by atoms with Gasteiger partial charge in [-0.25, -0.2) is 4.98 Å². The molecule has 0 aliphatic heterocycles. The number of pyridine rings is 1. The summed E-state index contributed by atoms with van der Waals surface area (Å²) in [5.74, 6) is 0.595. The minimum atomic E-state index is -0.378. The fraction of sp³-hybridized carbons (Fsp3) is 0.500. The van der Waals surface area contributed by atoms with Crippen LogP contribution in [0.1, 0.15) is 31.9 Å². The molecule has 1 aromatic rings. The lowest BCUT2D eigenvalue weighted by Crippen LogP contribution is -2.41. The molecule has 0 fully saturated rings. The first-order valence-corrected chi connectivity index (χ1v) is 7.13. The molecule has 0 saturated heterocycles. The number of anilines is 1. The number of hydrogen-bond donors (Lipinski definition) is 2. The number of carbonyl (C=O) groups is 1. The van der Waals surface area contributed by atoms with Crippen LogP contribution in [0.5, 0.6) is 0 Å². The van der Waals surface area contributed by atoms with Crippen molar-refractivity contribution >= 4 is 28.9 Å². The van der Waals surface area contributed by atoms with E-state index >= 15 is 0 Å². The fourth-order valence-electron chi connectivity index (χ4n) is 2.05. The molecule has 1 unspecified atom stereocenters. The molecule has 5 nitrogen and oxygen atoms in total. The molecule has 6 heteroatoms. The van der Waals surface area contributed by atoms with Crippen LogP contribution < -0.4 is 11.1 Å². The molecular formula is C14H22N4OS. The lowest BCUT2D eigenvalue weighted by molar-refractivity contribution is -0.131. The highest BCUT2D eigenvalue weighted by Gasteiger charge is 2.20. The number of nitrogens with zero attached hydrogens (tertiary/aromatic N) is 2. The van der Waals surface area contributed by atoms with Gasteiger partial charge < -0.3 is 16.0 Å². The van der Waals surface area contributed by atoms with Crippen molar-refractivity contribution in [2.45, 2.75) is 33.7 Å². The lowest BCUT2D eigenvalue weighted by atomic mass is 10.1. The molecule has 0 spiro atoms. The maximum atomic E-state index is 12.2. The van der Waals surface area contributed by atoms with Gasteiger partial charge in [0.15, 0.2) is 0 Å². The zero-order valence-corrected chi connectivity index (χ0v) is 13.3. The fourth-order valence-corrected chi connectivity index (χ4v) is 2.31. The number of nitrogens with one attached hydrogen (secondary N) is 1. The Bertz CT molecular complexity index is 500. The van der Waals surface area contributed by atoms with Crippen molar-refractivity contribution in [1.29, 1.82) is 0 Å². The van der Waals surface area contributed by atoms with Crippen molar-refractivity contribution in [3.05, 3.63) is 23.4 Å². The van der Waals surface area contributed by atoms with Crippen LogP contribution in [0.3, 0.4) is 0 Å². The third-order valence-electron chi connectivity index (χ3n) is 3.20. The summed E-state index contributed by atoms with van der Waals surface area (Å²) in [6, 6.07) is 1.47. The molecule has 0 saturated carbocycles. The Kier molecular flexibility index (Phi) is 5.88. The van der Waals surface area contributed by atoms with Gasteiger partial charge in [0.2, 0.25) is 5.91 Å². The highest BCUT2D eigenvalue weighted by atomic mass is 32.1. The van der Waals surface area contributed by atoms with E-state index < -0.39 is 0 Å².